The highest BCUT2D eigenvalue weighted by Gasteiger charge is 2.31. The van der Waals surface area contributed by atoms with E-state index < -0.39 is 5.91 Å². The fourth-order valence-corrected chi connectivity index (χ4v) is 1.61. The molecule has 3 N–H and O–H groups in total. The summed E-state index contributed by atoms with van der Waals surface area (Å²) in [5, 5.41) is 2.76. The summed E-state index contributed by atoms with van der Waals surface area (Å²) >= 11 is 0. The van der Waals surface area contributed by atoms with E-state index in [0.29, 0.717) is 13.0 Å². The second-order valence-electron chi connectivity index (χ2n) is 3.18. The number of primary amides is 1. The fourth-order valence-electron chi connectivity index (χ4n) is 1.61. The van der Waals surface area contributed by atoms with Gasteiger partial charge in [-0.05, 0) is 19.9 Å². The summed E-state index contributed by atoms with van der Waals surface area (Å²) in [5.41, 5.74) is 5.17. The van der Waals surface area contributed by atoms with Gasteiger partial charge in [0.1, 0.15) is 6.04 Å². The standard InChI is InChI=1S/C8H15N3O2/c1-10-5-7(12)11-4-2-3-6(11)8(9)13/h6,10H,2-5H2,1H3,(H2,9,13). The Hall–Kier alpha value is -1.10. The maximum Gasteiger partial charge on any atom is 0.240 e. The van der Waals surface area contributed by atoms with E-state index in [0.717, 1.165) is 6.42 Å². The SMILES string of the molecule is CNCC(=O)N1CCCC1C(N)=O. The highest BCUT2D eigenvalue weighted by atomic mass is 16.2. The number of carbonyl (C=O) groups is 2. The summed E-state index contributed by atoms with van der Waals surface area (Å²) in [7, 11) is 1.70. The molecule has 0 saturated carbocycles. The molecule has 13 heavy (non-hydrogen) atoms. The molecule has 0 aromatic rings. The number of nitrogens with zero attached hydrogens (tertiary/aromatic N) is 1. The molecule has 0 aromatic carbocycles. The van der Waals surface area contributed by atoms with Crippen molar-refractivity contribution < 1.29 is 9.59 Å². The van der Waals surface area contributed by atoms with Gasteiger partial charge in [-0.25, -0.2) is 0 Å². The maximum absolute atomic E-state index is 11.4. The van der Waals surface area contributed by atoms with Crippen LogP contribution in [0.4, 0.5) is 0 Å². The van der Waals surface area contributed by atoms with E-state index in [1.165, 1.54) is 0 Å². The summed E-state index contributed by atoms with van der Waals surface area (Å²) in [6, 6.07) is -0.388. The molecule has 1 saturated heterocycles. The Bertz CT molecular complexity index is 217. The zero-order valence-corrected chi connectivity index (χ0v) is 7.75. The van der Waals surface area contributed by atoms with E-state index in [9.17, 15) is 9.59 Å². The number of rotatable bonds is 3. The Morgan fingerprint density at radius 1 is 1.62 bits per heavy atom. The van der Waals surface area contributed by atoms with Gasteiger partial charge in [0.2, 0.25) is 11.8 Å². The van der Waals surface area contributed by atoms with E-state index in [4.69, 9.17) is 5.73 Å². The van der Waals surface area contributed by atoms with Crippen LogP contribution in [0.1, 0.15) is 12.8 Å². The summed E-state index contributed by atoms with van der Waals surface area (Å²) in [6.07, 6.45) is 1.56. The first kappa shape index (κ1) is 9.98. The van der Waals surface area contributed by atoms with E-state index in [2.05, 4.69) is 5.32 Å². The molecule has 5 heteroatoms. The van der Waals surface area contributed by atoms with Gasteiger partial charge in [0, 0.05) is 6.54 Å². The molecule has 0 spiro atoms. The van der Waals surface area contributed by atoms with Gasteiger partial charge in [0.15, 0.2) is 0 Å². The third-order valence-corrected chi connectivity index (χ3v) is 2.23. The molecule has 1 atom stereocenters. The Labute approximate surface area is 77.3 Å². The number of likely N-dealkylation sites (N-methyl/N-ethyl adjacent to an activating group) is 1. The minimum Gasteiger partial charge on any atom is -0.368 e. The normalized spacial score (nSPS) is 21.9. The van der Waals surface area contributed by atoms with Crippen LogP contribution >= 0.6 is 0 Å². The zero-order valence-electron chi connectivity index (χ0n) is 7.75. The molecular weight excluding hydrogens is 170 g/mol. The molecule has 1 heterocycles. The lowest BCUT2D eigenvalue weighted by Crippen LogP contribution is -2.46. The van der Waals surface area contributed by atoms with Crippen molar-refractivity contribution in [1.82, 2.24) is 10.2 Å². The molecule has 1 unspecified atom stereocenters. The topological polar surface area (TPSA) is 75.4 Å². The number of nitrogens with two attached hydrogens (primary N) is 1. The molecule has 2 amide bonds. The van der Waals surface area contributed by atoms with Gasteiger partial charge in [-0.1, -0.05) is 0 Å². The van der Waals surface area contributed by atoms with E-state index in [1.54, 1.807) is 11.9 Å². The number of carbonyl (C=O) groups excluding carboxylic acids is 2. The van der Waals surface area contributed by atoms with E-state index in [-0.39, 0.29) is 18.5 Å². The van der Waals surface area contributed by atoms with Crippen molar-refractivity contribution >= 4 is 11.8 Å². The summed E-state index contributed by atoms with van der Waals surface area (Å²) < 4.78 is 0. The van der Waals surface area contributed by atoms with Crippen LogP contribution < -0.4 is 11.1 Å². The molecule has 1 rings (SSSR count). The number of nitrogens with one attached hydrogen (secondary N) is 1. The summed E-state index contributed by atoms with van der Waals surface area (Å²) in [4.78, 5) is 23.9. The molecule has 74 valence electrons. The second-order valence-corrected chi connectivity index (χ2v) is 3.18. The van der Waals surface area contributed by atoms with Crippen molar-refractivity contribution in [2.45, 2.75) is 18.9 Å². The Balaban J connectivity index is 2.57. The highest BCUT2D eigenvalue weighted by molar-refractivity contribution is 5.87. The Morgan fingerprint density at radius 2 is 2.31 bits per heavy atom. The molecular formula is C8H15N3O2. The largest absolute Gasteiger partial charge is 0.368 e. The lowest BCUT2D eigenvalue weighted by atomic mass is 10.2. The average Bonchev–Trinajstić information content (AvgIpc) is 2.52. The predicted molar refractivity (Wildman–Crippen MR) is 47.9 cm³/mol. The van der Waals surface area contributed by atoms with Gasteiger partial charge in [-0.15, -0.1) is 0 Å². The van der Waals surface area contributed by atoms with Gasteiger partial charge in [0.05, 0.1) is 6.54 Å². The Morgan fingerprint density at radius 3 is 2.85 bits per heavy atom. The second kappa shape index (κ2) is 4.23. The smallest absolute Gasteiger partial charge is 0.240 e. The number of hydrogen-bond donors (Lipinski definition) is 2. The third-order valence-electron chi connectivity index (χ3n) is 2.23. The van der Waals surface area contributed by atoms with Crippen molar-refractivity contribution in [3.63, 3.8) is 0 Å². The van der Waals surface area contributed by atoms with Crippen molar-refractivity contribution in [3.8, 4) is 0 Å². The van der Waals surface area contributed by atoms with Crippen LogP contribution in [0.25, 0.3) is 0 Å². The van der Waals surface area contributed by atoms with Crippen LogP contribution in [0.3, 0.4) is 0 Å². The van der Waals surface area contributed by atoms with Crippen molar-refractivity contribution in [2.75, 3.05) is 20.1 Å². The predicted octanol–water partition coefficient (Wildman–Crippen LogP) is -1.32. The molecule has 0 radical (unpaired) electrons. The zero-order chi connectivity index (χ0) is 9.84. The quantitative estimate of drug-likeness (QED) is 0.572. The van der Waals surface area contributed by atoms with Crippen LogP contribution in [0.2, 0.25) is 0 Å². The lowest BCUT2D eigenvalue weighted by molar-refractivity contribution is -0.136. The van der Waals surface area contributed by atoms with Crippen LogP contribution in [0, 0.1) is 0 Å². The third kappa shape index (κ3) is 2.18. The number of hydrogen-bond acceptors (Lipinski definition) is 3. The van der Waals surface area contributed by atoms with Crippen LogP contribution in [-0.4, -0.2) is 42.9 Å². The average molecular weight is 185 g/mol. The first-order valence-corrected chi connectivity index (χ1v) is 4.40. The number of amides is 2. The van der Waals surface area contributed by atoms with Gasteiger partial charge >= 0.3 is 0 Å². The van der Waals surface area contributed by atoms with Crippen LogP contribution in [0.15, 0.2) is 0 Å². The maximum atomic E-state index is 11.4. The van der Waals surface area contributed by atoms with Gasteiger partial charge in [-0.3, -0.25) is 9.59 Å². The van der Waals surface area contributed by atoms with E-state index in [1.807, 2.05) is 0 Å². The minimum atomic E-state index is -0.401. The minimum absolute atomic E-state index is 0.0520. The molecule has 1 aliphatic rings. The highest BCUT2D eigenvalue weighted by Crippen LogP contribution is 2.16. The van der Waals surface area contributed by atoms with Crippen molar-refractivity contribution in [2.24, 2.45) is 5.73 Å². The molecule has 5 nitrogen and oxygen atoms in total. The molecule has 0 aromatic heterocycles. The van der Waals surface area contributed by atoms with E-state index >= 15 is 0 Å². The lowest BCUT2D eigenvalue weighted by Gasteiger charge is -2.21. The summed E-state index contributed by atoms with van der Waals surface area (Å²) in [6.45, 7) is 0.915. The first-order valence-electron chi connectivity index (χ1n) is 4.40. The van der Waals surface area contributed by atoms with Crippen LogP contribution in [0.5, 0.6) is 0 Å². The van der Waals surface area contributed by atoms with Gasteiger partial charge < -0.3 is 16.0 Å². The molecule has 0 aliphatic carbocycles. The first-order chi connectivity index (χ1) is 6.16. The van der Waals surface area contributed by atoms with Crippen molar-refractivity contribution in [3.05, 3.63) is 0 Å². The molecule has 0 bridgehead atoms. The van der Waals surface area contributed by atoms with Gasteiger partial charge in [-0.2, -0.15) is 0 Å². The van der Waals surface area contributed by atoms with Crippen molar-refractivity contribution in [1.29, 1.82) is 0 Å². The number of likely N-dealkylation sites (tertiary alicyclic amines) is 1. The molecule has 1 fully saturated rings. The molecule has 1 aliphatic heterocycles. The van der Waals surface area contributed by atoms with Crippen LogP contribution in [-0.2, 0) is 9.59 Å². The fraction of sp³-hybridized carbons (Fsp3) is 0.750. The van der Waals surface area contributed by atoms with Gasteiger partial charge in [0.25, 0.3) is 0 Å². The Kier molecular flexibility index (Phi) is 3.25. The monoisotopic (exact) mass is 185 g/mol. The summed E-state index contributed by atoms with van der Waals surface area (Å²) in [5.74, 6) is -0.453.